The van der Waals surface area contributed by atoms with Gasteiger partial charge in [-0.15, -0.1) is 0 Å². The molecule has 0 aliphatic carbocycles. The summed E-state index contributed by atoms with van der Waals surface area (Å²) in [5.41, 5.74) is -0.302. The molecule has 1 radical (unpaired) electrons. The molecule has 1 aliphatic rings. The van der Waals surface area contributed by atoms with Crippen molar-refractivity contribution in [2.75, 3.05) is 14.2 Å². The van der Waals surface area contributed by atoms with Gasteiger partial charge in [0, 0.05) is 5.56 Å². The first-order chi connectivity index (χ1) is 9.24. The lowest BCUT2D eigenvalue weighted by Gasteiger charge is -2.35. The van der Waals surface area contributed by atoms with Gasteiger partial charge < -0.3 is 9.47 Å². The molecule has 0 aromatic heterocycles. The Morgan fingerprint density at radius 1 is 1.05 bits per heavy atom. The fourth-order valence-corrected chi connectivity index (χ4v) is 2.12. The van der Waals surface area contributed by atoms with Gasteiger partial charge in [0.2, 0.25) is 0 Å². The van der Waals surface area contributed by atoms with Crippen molar-refractivity contribution in [2.45, 2.75) is 38.8 Å². The van der Waals surface area contributed by atoms with Gasteiger partial charge in [0.25, 0.3) is 0 Å². The predicted octanol–water partition coefficient (Wildman–Crippen LogP) is 2.67. The third-order valence-corrected chi connectivity index (χ3v) is 4.22. The molecule has 0 atom stereocenters. The average molecular weight is 277 g/mol. The van der Waals surface area contributed by atoms with Gasteiger partial charge in [0.15, 0.2) is 17.3 Å². The van der Waals surface area contributed by atoms with E-state index in [1.165, 1.54) is 0 Å². The van der Waals surface area contributed by atoms with Gasteiger partial charge in [-0.05, 0) is 45.9 Å². The normalized spacial score (nSPS) is 19.8. The molecule has 1 heterocycles. The second-order valence-electron chi connectivity index (χ2n) is 5.92. The Labute approximate surface area is 119 Å². The van der Waals surface area contributed by atoms with Gasteiger partial charge in [-0.25, -0.2) is 0 Å². The molecule has 0 bridgehead atoms. The molecule has 5 nitrogen and oxygen atoms in total. The Morgan fingerprint density at radius 2 is 1.65 bits per heavy atom. The van der Waals surface area contributed by atoms with Crippen molar-refractivity contribution in [3.63, 3.8) is 0 Å². The summed E-state index contributed by atoms with van der Waals surface area (Å²) in [6.45, 7) is 7.73. The molecule has 0 amide bonds. The summed E-state index contributed by atoms with van der Waals surface area (Å²) in [5.74, 6) is 1.65. The van der Waals surface area contributed by atoms with E-state index < -0.39 is 11.1 Å². The SMILES string of the molecule is COc1ccc(C2=NC(C)(C)C(C)(C)N2[O])cc1OC. The van der Waals surface area contributed by atoms with E-state index in [-0.39, 0.29) is 0 Å². The summed E-state index contributed by atoms with van der Waals surface area (Å²) in [4.78, 5) is 4.59. The van der Waals surface area contributed by atoms with Crippen LogP contribution >= 0.6 is 0 Å². The number of benzene rings is 1. The molecule has 1 aromatic carbocycles. The molecular formula is C15H21N2O3. The van der Waals surface area contributed by atoms with Crippen LogP contribution in [0.4, 0.5) is 0 Å². The van der Waals surface area contributed by atoms with Crippen LogP contribution in [0.3, 0.4) is 0 Å². The number of rotatable bonds is 3. The highest BCUT2D eigenvalue weighted by atomic mass is 16.5. The van der Waals surface area contributed by atoms with Gasteiger partial charge in [-0.2, -0.15) is 5.06 Å². The highest BCUT2D eigenvalue weighted by Gasteiger charge is 2.50. The number of hydrogen-bond acceptors (Lipinski definition) is 4. The van der Waals surface area contributed by atoms with Crippen molar-refractivity contribution in [2.24, 2.45) is 4.99 Å². The monoisotopic (exact) mass is 277 g/mol. The Hall–Kier alpha value is -1.75. The third kappa shape index (κ3) is 2.02. The largest absolute Gasteiger partial charge is 0.493 e. The molecule has 0 spiro atoms. The standard InChI is InChI=1S/C15H21N2O3/c1-14(2)15(3,4)17(18)13(16-14)10-7-8-11(19-5)12(9-10)20-6/h7-9H,1-6H3. The summed E-state index contributed by atoms with van der Waals surface area (Å²) < 4.78 is 10.5. The number of hydroxylamine groups is 2. The summed E-state index contributed by atoms with van der Waals surface area (Å²) in [6.07, 6.45) is 0. The number of ether oxygens (including phenoxy) is 2. The van der Waals surface area contributed by atoms with Crippen molar-refractivity contribution in [3.05, 3.63) is 23.8 Å². The van der Waals surface area contributed by atoms with Crippen LogP contribution < -0.4 is 9.47 Å². The number of methoxy groups -OCH3 is 2. The lowest BCUT2D eigenvalue weighted by Crippen LogP contribution is -2.50. The minimum absolute atomic E-state index is 0.431. The van der Waals surface area contributed by atoms with Crippen molar-refractivity contribution < 1.29 is 14.7 Å². The molecule has 0 N–H and O–H groups in total. The zero-order chi connectivity index (χ0) is 15.1. The highest BCUT2D eigenvalue weighted by Crippen LogP contribution is 2.39. The van der Waals surface area contributed by atoms with Gasteiger partial charge in [0.1, 0.15) is 0 Å². The van der Waals surface area contributed by atoms with E-state index in [1.54, 1.807) is 26.4 Å². The number of nitrogens with zero attached hydrogens (tertiary/aromatic N) is 2. The Morgan fingerprint density at radius 3 is 2.10 bits per heavy atom. The Bertz CT molecular complexity index is 550. The zero-order valence-electron chi connectivity index (χ0n) is 12.9. The summed E-state index contributed by atoms with van der Waals surface area (Å²) in [6, 6.07) is 5.38. The molecule has 0 saturated carbocycles. The van der Waals surface area contributed by atoms with Crippen LogP contribution in [-0.2, 0) is 5.21 Å². The second-order valence-corrected chi connectivity index (χ2v) is 5.92. The zero-order valence-corrected chi connectivity index (χ0v) is 12.9. The highest BCUT2D eigenvalue weighted by molar-refractivity contribution is 6.00. The first-order valence-electron chi connectivity index (χ1n) is 6.54. The van der Waals surface area contributed by atoms with Crippen molar-refractivity contribution in [1.29, 1.82) is 0 Å². The van der Waals surface area contributed by atoms with Gasteiger partial charge in [-0.3, -0.25) is 4.99 Å². The summed E-state index contributed by atoms with van der Waals surface area (Å²) in [5, 5.41) is 13.5. The fraction of sp³-hybridized carbons (Fsp3) is 0.533. The van der Waals surface area contributed by atoms with Crippen LogP contribution in [0, 0.1) is 0 Å². The van der Waals surface area contributed by atoms with E-state index in [0.717, 1.165) is 10.6 Å². The molecule has 1 aromatic rings. The lowest BCUT2D eigenvalue weighted by atomic mass is 9.84. The van der Waals surface area contributed by atoms with Crippen molar-refractivity contribution in [1.82, 2.24) is 5.06 Å². The van der Waals surface area contributed by atoms with Crippen molar-refractivity contribution in [3.8, 4) is 11.5 Å². The van der Waals surface area contributed by atoms with E-state index in [2.05, 4.69) is 4.99 Å². The van der Waals surface area contributed by atoms with E-state index in [4.69, 9.17) is 9.47 Å². The molecular weight excluding hydrogens is 256 g/mol. The topological polar surface area (TPSA) is 54.0 Å². The van der Waals surface area contributed by atoms with Crippen LogP contribution in [0.1, 0.15) is 33.3 Å². The number of aliphatic imine (C=N–C) groups is 1. The lowest BCUT2D eigenvalue weighted by molar-refractivity contribution is -0.158. The maximum Gasteiger partial charge on any atom is 0.161 e. The number of hydrogen-bond donors (Lipinski definition) is 0. The molecule has 0 fully saturated rings. The molecule has 5 heteroatoms. The van der Waals surface area contributed by atoms with Crippen molar-refractivity contribution >= 4 is 5.84 Å². The number of amidine groups is 1. The Kier molecular flexibility index (Phi) is 3.42. The van der Waals surface area contributed by atoms with Gasteiger partial charge in [0.05, 0.1) is 25.3 Å². The molecule has 20 heavy (non-hydrogen) atoms. The van der Waals surface area contributed by atoms with E-state index in [1.807, 2.05) is 33.8 Å². The Balaban J connectivity index is 2.48. The third-order valence-electron chi connectivity index (χ3n) is 4.22. The first kappa shape index (κ1) is 14.7. The van der Waals surface area contributed by atoms with Crippen LogP contribution in [0.15, 0.2) is 23.2 Å². The van der Waals surface area contributed by atoms with Crippen LogP contribution in [0.25, 0.3) is 0 Å². The van der Waals surface area contributed by atoms with Crippen LogP contribution in [0.5, 0.6) is 11.5 Å². The summed E-state index contributed by atoms with van der Waals surface area (Å²) >= 11 is 0. The molecule has 2 rings (SSSR count). The quantitative estimate of drug-likeness (QED) is 0.853. The maximum absolute atomic E-state index is 12.5. The minimum Gasteiger partial charge on any atom is -0.493 e. The predicted molar refractivity (Wildman–Crippen MR) is 76.8 cm³/mol. The van der Waals surface area contributed by atoms with Crippen LogP contribution in [0.2, 0.25) is 0 Å². The van der Waals surface area contributed by atoms with Crippen LogP contribution in [-0.4, -0.2) is 36.2 Å². The smallest absolute Gasteiger partial charge is 0.161 e. The summed E-state index contributed by atoms with van der Waals surface area (Å²) in [7, 11) is 3.15. The van der Waals surface area contributed by atoms with Gasteiger partial charge in [-0.1, -0.05) is 5.21 Å². The molecule has 0 unspecified atom stereocenters. The van der Waals surface area contributed by atoms with Gasteiger partial charge >= 0.3 is 0 Å². The second kappa shape index (κ2) is 4.66. The molecule has 0 saturated heterocycles. The molecule has 109 valence electrons. The van der Waals surface area contributed by atoms with E-state index >= 15 is 0 Å². The first-order valence-corrected chi connectivity index (χ1v) is 6.54. The average Bonchev–Trinajstić information content (AvgIpc) is 2.58. The molecule has 1 aliphatic heterocycles. The fourth-order valence-electron chi connectivity index (χ4n) is 2.12. The maximum atomic E-state index is 12.5. The van der Waals surface area contributed by atoms with E-state index in [9.17, 15) is 5.21 Å². The minimum atomic E-state index is -0.588. The van der Waals surface area contributed by atoms with E-state index in [0.29, 0.717) is 17.3 Å².